The number of nitrogens with zero attached hydrogens (tertiary/aromatic N) is 4. The molecule has 7 heteroatoms. The molecule has 0 atom stereocenters. The molecular formula is C22H19N5O2. The van der Waals surface area contributed by atoms with Crippen LogP contribution in [0.3, 0.4) is 0 Å². The van der Waals surface area contributed by atoms with E-state index in [0.29, 0.717) is 37.6 Å². The van der Waals surface area contributed by atoms with Gasteiger partial charge >= 0.3 is 0 Å². The Hall–Kier alpha value is -3.74. The van der Waals surface area contributed by atoms with Crippen LogP contribution in [0.2, 0.25) is 0 Å². The smallest absolute Gasteiger partial charge is 0.273 e. The molecule has 0 radical (unpaired) electrons. The zero-order valence-corrected chi connectivity index (χ0v) is 15.7. The summed E-state index contributed by atoms with van der Waals surface area (Å²) >= 11 is 0. The number of hydrogen-bond donors (Lipinski definition) is 1. The monoisotopic (exact) mass is 385 g/mol. The molecule has 2 aliphatic heterocycles. The van der Waals surface area contributed by atoms with Gasteiger partial charge in [0.1, 0.15) is 5.69 Å². The van der Waals surface area contributed by atoms with Gasteiger partial charge in [0, 0.05) is 25.5 Å². The molecule has 4 heterocycles. The first-order chi connectivity index (χ1) is 14.2. The Kier molecular flexibility index (Phi) is 4.20. The summed E-state index contributed by atoms with van der Waals surface area (Å²) in [5, 5.41) is 2.89. The zero-order chi connectivity index (χ0) is 19.8. The lowest BCUT2D eigenvalue weighted by Gasteiger charge is -2.31. The first-order valence-corrected chi connectivity index (χ1v) is 9.48. The van der Waals surface area contributed by atoms with Gasteiger partial charge in [-0.15, -0.1) is 0 Å². The van der Waals surface area contributed by atoms with E-state index in [9.17, 15) is 9.59 Å². The van der Waals surface area contributed by atoms with Gasteiger partial charge < -0.3 is 15.1 Å². The number of fused-ring (bicyclic) bond motifs is 2. The van der Waals surface area contributed by atoms with Gasteiger partial charge in [0.25, 0.3) is 11.8 Å². The average molecular weight is 385 g/mol. The SMILES string of the molecule is O=C1NCN(Cc2ccnc(C(=O)N3Cc4cccnc4C3)c2)c2ccccc21. The first kappa shape index (κ1) is 17.4. The molecule has 144 valence electrons. The topological polar surface area (TPSA) is 78.4 Å². The van der Waals surface area contributed by atoms with Crippen LogP contribution in [0.5, 0.6) is 0 Å². The van der Waals surface area contributed by atoms with Crippen LogP contribution >= 0.6 is 0 Å². The molecule has 2 amide bonds. The van der Waals surface area contributed by atoms with Crippen molar-refractivity contribution in [2.75, 3.05) is 11.6 Å². The van der Waals surface area contributed by atoms with Gasteiger partial charge in [0.05, 0.1) is 30.2 Å². The second-order valence-corrected chi connectivity index (χ2v) is 7.20. The molecule has 2 aromatic heterocycles. The lowest BCUT2D eigenvalue weighted by atomic mass is 10.1. The van der Waals surface area contributed by atoms with Crippen LogP contribution in [0.4, 0.5) is 5.69 Å². The Labute approximate surface area is 168 Å². The van der Waals surface area contributed by atoms with E-state index in [1.807, 2.05) is 48.5 Å². The minimum absolute atomic E-state index is 0.0651. The third-order valence-electron chi connectivity index (χ3n) is 5.31. The van der Waals surface area contributed by atoms with Crippen molar-refractivity contribution in [3.63, 3.8) is 0 Å². The summed E-state index contributed by atoms with van der Waals surface area (Å²) in [6, 6.07) is 15.2. The fourth-order valence-electron chi connectivity index (χ4n) is 3.85. The summed E-state index contributed by atoms with van der Waals surface area (Å²) in [5.41, 5.74) is 4.96. The Morgan fingerprint density at radius 3 is 2.83 bits per heavy atom. The van der Waals surface area contributed by atoms with E-state index < -0.39 is 0 Å². The lowest BCUT2D eigenvalue weighted by Crippen LogP contribution is -2.43. The predicted molar refractivity (Wildman–Crippen MR) is 107 cm³/mol. The molecule has 2 aliphatic rings. The number of benzene rings is 1. The highest BCUT2D eigenvalue weighted by Crippen LogP contribution is 2.25. The van der Waals surface area contributed by atoms with Crippen molar-refractivity contribution in [2.24, 2.45) is 0 Å². The van der Waals surface area contributed by atoms with Crippen molar-refractivity contribution in [3.8, 4) is 0 Å². The molecule has 7 nitrogen and oxygen atoms in total. The maximum absolute atomic E-state index is 13.0. The number of hydrogen-bond acceptors (Lipinski definition) is 5. The van der Waals surface area contributed by atoms with Crippen molar-refractivity contribution in [1.82, 2.24) is 20.2 Å². The van der Waals surface area contributed by atoms with Crippen LogP contribution in [0, 0.1) is 0 Å². The van der Waals surface area contributed by atoms with E-state index in [0.717, 1.165) is 22.5 Å². The minimum atomic E-state index is -0.0998. The molecule has 0 unspecified atom stereocenters. The molecule has 0 aliphatic carbocycles. The average Bonchev–Trinajstić information content (AvgIpc) is 3.20. The molecule has 1 aromatic carbocycles. The number of carbonyl (C=O) groups excluding carboxylic acids is 2. The number of para-hydroxylation sites is 1. The van der Waals surface area contributed by atoms with Crippen LogP contribution in [-0.4, -0.2) is 33.4 Å². The third kappa shape index (κ3) is 3.20. The second-order valence-electron chi connectivity index (χ2n) is 7.20. The third-order valence-corrected chi connectivity index (χ3v) is 5.31. The van der Waals surface area contributed by atoms with Gasteiger partial charge in [-0.2, -0.15) is 0 Å². The number of anilines is 1. The molecule has 0 fully saturated rings. The number of amides is 2. The standard InChI is InChI=1S/C22H19N5O2/c28-21-17-5-1-2-6-20(17)27(14-25-21)11-15-7-9-24-18(10-15)22(29)26-12-16-4-3-8-23-19(16)13-26/h1-10H,11-14H2,(H,25,28). The Morgan fingerprint density at radius 2 is 1.93 bits per heavy atom. The van der Waals surface area contributed by atoms with Crippen LogP contribution in [-0.2, 0) is 19.6 Å². The van der Waals surface area contributed by atoms with E-state index in [4.69, 9.17) is 0 Å². The van der Waals surface area contributed by atoms with Gasteiger partial charge in [-0.3, -0.25) is 19.6 Å². The van der Waals surface area contributed by atoms with Crippen molar-refractivity contribution in [3.05, 3.63) is 89.0 Å². The maximum atomic E-state index is 13.0. The van der Waals surface area contributed by atoms with Crippen LogP contribution in [0.15, 0.2) is 60.9 Å². The van der Waals surface area contributed by atoms with Gasteiger partial charge in [-0.25, -0.2) is 0 Å². The molecule has 29 heavy (non-hydrogen) atoms. The molecule has 0 saturated heterocycles. The van der Waals surface area contributed by atoms with Gasteiger partial charge in [0.15, 0.2) is 0 Å². The molecule has 3 aromatic rings. The first-order valence-electron chi connectivity index (χ1n) is 9.48. The highest BCUT2D eigenvalue weighted by molar-refractivity contribution is 6.01. The predicted octanol–water partition coefficient (Wildman–Crippen LogP) is 2.34. The Balaban J connectivity index is 1.35. The van der Waals surface area contributed by atoms with E-state index in [1.165, 1.54) is 0 Å². The summed E-state index contributed by atoms with van der Waals surface area (Å²) in [4.78, 5) is 37.5. The van der Waals surface area contributed by atoms with E-state index in [-0.39, 0.29) is 11.8 Å². The van der Waals surface area contributed by atoms with Crippen molar-refractivity contribution >= 4 is 17.5 Å². The Morgan fingerprint density at radius 1 is 1.03 bits per heavy atom. The number of aromatic nitrogens is 2. The summed E-state index contributed by atoms with van der Waals surface area (Å²) in [6.07, 6.45) is 3.42. The van der Waals surface area contributed by atoms with Crippen LogP contribution in [0.25, 0.3) is 0 Å². The van der Waals surface area contributed by atoms with Crippen molar-refractivity contribution < 1.29 is 9.59 Å². The molecule has 0 saturated carbocycles. The molecule has 0 spiro atoms. The second kappa shape index (κ2) is 7.01. The number of nitrogens with one attached hydrogen (secondary N) is 1. The fraction of sp³-hybridized carbons (Fsp3) is 0.182. The summed E-state index contributed by atoms with van der Waals surface area (Å²) in [5.74, 6) is -0.165. The highest BCUT2D eigenvalue weighted by atomic mass is 16.2. The van der Waals surface area contributed by atoms with Crippen LogP contribution in [0.1, 0.15) is 37.7 Å². The fourth-order valence-corrected chi connectivity index (χ4v) is 3.85. The highest BCUT2D eigenvalue weighted by Gasteiger charge is 2.26. The number of pyridine rings is 2. The summed E-state index contributed by atoms with van der Waals surface area (Å²) in [6.45, 7) is 2.06. The van der Waals surface area contributed by atoms with Crippen LogP contribution < -0.4 is 10.2 Å². The van der Waals surface area contributed by atoms with Gasteiger partial charge in [0.2, 0.25) is 0 Å². The van der Waals surface area contributed by atoms with Crippen molar-refractivity contribution in [2.45, 2.75) is 19.6 Å². The lowest BCUT2D eigenvalue weighted by molar-refractivity contribution is 0.0744. The van der Waals surface area contributed by atoms with E-state index >= 15 is 0 Å². The number of rotatable bonds is 3. The quantitative estimate of drug-likeness (QED) is 0.749. The van der Waals surface area contributed by atoms with E-state index in [1.54, 1.807) is 17.3 Å². The minimum Gasteiger partial charge on any atom is -0.349 e. The van der Waals surface area contributed by atoms with Gasteiger partial charge in [-0.05, 0) is 41.5 Å². The largest absolute Gasteiger partial charge is 0.349 e. The molecule has 5 rings (SSSR count). The van der Waals surface area contributed by atoms with E-state index in [2.05, 4.69) is 20.2 Å². The molecule has 0 bridgehead atoms. The normalized spacial score (nSPS) is 15.0. The molecule has 1 N–H and O–H groups in total. The summed E-state index contributed by atoms with van der Waals surface area (Å²) < 4.78 is 0. The number of carbonyl (C=O) groups is 2. The van der Waals surface area contributed by atoms with Crippen molar-refractivity contribution in [1.29, 1.82) is 0 Å². The summed E-state index contributed by atoms with van der Waals surface area (Å²) in [7, 11) is 0. The Bertz CT molecular complexity index is 1090. The zero-order valence-electron chi connectivity index (χ0n) is 15.7. The molecular weight excluding hydrogens is 366 g/mol. The maximum Gasteiger partial charge on any atom is 0.273 e. The van der Waals surface area contributed by atoms with Gasteiger partial charge in [-0.1, -0.05) is 18.2 Å².